The fourth-order valence-corrected chi connectivity index (χ4v) is 3.41. The van der Waals surface area contributed by atoms with Crippen LogP contribution in [0.3, 0.4) is 0 Å². The van der Waals surface area contributed by atoms with Gasteiger partial charge in [-0.3, -0.25) is 14.5 Å². The molecular formula is C22H17NO6. The largest absolute Gasteiger partial charge is 0.508 e. The Morgan fingerprint density at radius 3 is 2.55 bits per heavy atom. The van der Waals surface area contributed by atoms with Gasteiger partial charge in [-0.1, -0.05) is 18.2 Å². The second-order valence-electron chi connectivity index (χ2n) is 6.44. The first-order valence-corrected chi connectivity index (χ1v) is 8.79. The average Bonchev–Trinajstić information content (AvgIpc) is 3.35. The summed E-state index contributed by atoms with van der Waals surface area (Å²) in [6, 6.07) is 14.9. The fraction of sp³-hybridized carbons (Fsp3) is 0.0909. The molecule has 4 rings (SSSR count). The standard InChI is InChI=1S/C22H17NO6/c1-28-16-8-3-6-14(12-16)23-19(13-5-2-7-15(24)11-13)18(21(26)22(23)27)20(25)17-9-4-10-29-17/h2-12,19,24,26H,1H3. The van der Waals surface area contributed by atoms with Crippen molar-refractivity contribution in [1.82, 2.24) is 0 Å². The zero-order valence-electron chi connectivity index (χ0n) is 15.4. The Morgan fingerprint density at radius 1 is 1.07 bits per heavy atom. The quantitative estimate of drug-likeness (QED) is 0.642. The summed E-state index contributed by atoms with van der Waals surface area (Å²) in [4.78, 5) is 27.3. The number of hydrogen-bond acceptors (Lipinski definition) is 6. The Labute approximate surface area is 166 Å². The first-order chi connectivity index (χ1) is 14.0. The number of furan rings is 1. The molecule has 29 heavy (non-hydrogen) atoms. The van der Waals surface area contributed by atoms with Gasteiger partial charge >= 0.3 is 0 Å². The first kappa shape index (κ1) is 18.4. The first-order valence-electron chi connectivity index (χ1n) is 8.79. The minimum atomic E-state index is -0.959. The van der Waals surface area contributed by atoms with Gasteiger partial charge in [0.25, 0.3) is 5.91 Å². The van der Waals surface area contributed by atoms with Crippen LogP contribution in [0.1, 0.15) is 22.2 Å². The summed E-state index contributed by atoms with van der Waals surface area (Å²) in [5.41, 5.74) is 0.759. The number of phenols is 1. The molecule has 0 saturated carbocycles. The third kappa shape index (κ3) is 3.12. The van der Waals surface area contributed by atoms with Gasteiger partial charge in [0.1, 0.15) is 11.5 Å². The van der Waals surface area contributed by atoms with E-state index in [0.29, 0.717) is 17.0 Å². The number of benzene rings is 2. The summed E-state index contributed by atoms with van der Waals surface area (Å²) in [6.07, 6.45) is 1.34. The Kier molecular flexibility index (Phi) is 4.56. The molecule has 0 bridgehead atoms. The van der Waals surface area contributed by atoms with Crippen molar-refractivity contribution >= 4 is 17.4 Å². The Morgan fingerprint density at radius 2 is 1.86 bits per heavy atom. The number of aromatic hydroxyl groups is 1. The zero-order valence-corrected chi connectivity index (χ0v) is 15.4. The molecule has 1 aromatic heterocycles. The minimum Gasteiger partial charge on any atom is -0.508 e. The lowest BCUT2D eigenvalue weighted by Crippen LogP contribution is -2.31. The molecule has 7 nitrogen and oxygen atoms in total. The van der Waals surface area contributed by atoms with Gasteiger partial charge in [-0.25, -0.2) is 0 Å². The van der Waals surface area contributed by atoms with Crippen molar-refractivity contribution in [3.05, 3.63) is 89.6 Å². The minimum absolute atomic E-state index is 0.00278. The molecule has 1 atom stereocenters. The number of ketones is 1. The van der Waals surface area contributed by atoms with Gasteiger partial charge in [-0.2, -0.15) is 0 Å². The van der Waals surface area contributed by atoms with Crippen LogP contribution in [0, 0.1) is 0 Å². The van der Waals surface area contributed by atoms with E-state index in [-0.39, 0.29) is 17.1 Å². The number of carbonyl (C=O) groups excluding carboxylic acids is 2. The molecule has 1 unspecified atom stereocenters. The van der Waals surface area contributed by atoms with Crippen LogP contribution >= 0.6 is 0 Å². The zero-order chi connectivity index (χ0) is 20.5. The van der Waals surface area contributed by atoms with E-state index < -0.39 is 23.5 Å². The van der Waals surface area contributed by atoms with Gasteiger partial charge in [0.2, 0.25) is 5.78 Å². The van der Waals surface area contributed by atoms with Crippen molar-refractivity contribution in [3.63, 3.8) is 0 Å². The lowest BCUT2D eigenvalue weighted by Gasteiger charge is -2.27. The van der Waals surface area contributed by atoms with E-state index in [9.17, 15) is 19.8 Å². The van der Waals surface area contributed by atoms with E-state index in [1.165, 1.54) is 36.5 Å². The second kappa shape index (κ2) is 7.20. The van der Waals surface area contributed by atoms with Crippen molar-refractivity contribution in [3.8, 4) is 11.5 Å². The molecule has 146 valence electrons. The van der Waals surface area contributed by atoms with Crippen molar-refractivity contribution in [2.24, 2.45) is 0 Å². The fourth-order valence-electron chi connectivity index (χ4n) is 3.41. The topological polar surface area (TPSA) is 100 Å². The highest BCUT2D eigenvalue weighted by molar-refractivity contribution is 6.20. The summed E-state index contributed by atoms with van der Waals surface area (Å²) in [5, 5.41) is 20.6. The molecule has 1 aliphatic rings. The molecule has 3 aromatic rings. The third-order valence-corrected chi connectivity index (χ3v) is 4.72. The normalized spacial score (nSPS) is 16.4. The van der Waals surface area contributed by atoms with Gasteiger partial charge < -0.3 is 19.4 Å². The summed E-state index contributed by atoms with van der Waals surface area (Å²) in [5.74, 6) is -1.53. The Hall–Kier alpha value is -4.00. The molecule has 1 aliphatic heterocycles. The number of aliphatic hydroxyl groups is 1. The number of aliphatic hydroxyl groups excluding tert-OH is 1. The van der Waals surface area contributed by atoms with Gasteiger partial charge in [-0.05, 0) is 42.0 Å². The maximum absolute atomic E-state index is 13.1. The van der Waals surface area contributed by atoms with Crippen LogP contribution in [0.15, 0.2) is 82.7 Å². The van der Waals surface area contributed by atoms with Crippen molar-refractivity contribution < 1.29 is 29.0 Å². The van der Waals surface area contributed by atoms with Crippen LogP contribution in [-0.4, -0.2) is 29.0 Å². The second-order valence-corrected chi connectivity index (χ2v) is 6.44. The van der Waals surface area contributed by atoms with E-state index in [1.807, 2.05) is 0 Å². The van der Waals surface area contributed by atoms with Gasteiger partial charge in [0, 0.05) is 11.8 Å². The van der Waals surface area contributed by atoms with Crippen LogP contribution in [0.4, 0.5) is 5.69 Å². The third-order valence-electron chi connectivity index (χ3n) is 4.72. The van der Waals surface area contributed by atoms with E-state index in [1.54, 1.807) is 42.5 Å². The van der Waals surface area contributed by atoms with E-state index in [4.69, 9.17) is 9.15 Å². The summed E-state index contributed by atoms with van der Waals surface area (Å²) in [7, 11) is 1.50. The van der Waals surface area contributed by atoms with Gasteiger partial charge in [-0.15, -0.1) is 0 Å². The molecule has 0 fully saturated rings. The molecule has 1 amide bonds. The molecule has 0 radical (unpaired) electrons. The molecular weight excluding hydrogens is 374 g/mol. The Bertz CT molecular complexity index is 1120. The number of carbonyl (C=O) groups is 2. The number of ether oxygens (including phenoxy) is 1. The highest BCUT2D eigenvalue weighted by Crippen LogP contribution is 2.43. The average molecular weight is 391 g/mol. The number of anilines is 1. The SMILES string of the molecule is COc1cccc(N2C(=O)C(O)=C(C(=O)c3ccco3)C2c2cccc(O)c2)c1. The Balaban J connectivity index is 1.89. The molecule has 0 aliphatic carbocycles. The van der Waals surface area contributed by atoms with E-state index in [2.05, 4.69) is 0 Å². The van der Waals surface area contributed by atoms with Crippen molar-refractivity contribution in [2.45, 2.75) is 6.04 Å². The number of rotatable bonds is 5. The van der Waals surface area contributed by atoms with E-state index >= 15 is 0 Å². The summed E-state index contributed by atoms with van der Waals surface area (Å²) < 4.78 is 10.4. The molecule has 2 heterocycles. The number of amides is 1. The van der Waals surface area contributed by atoms with Crippen LogP contribution in [0.5, 0.6) is 11.5 Å². The molecule has 2 aromatic carbocycles. The van der Waals surface area contributed by atoms with E-state index in [0.717, 1.165) is 0 Å². The van der Waals surface area contributed by atoms with Gasteiger partial charge in [0.05, 0.1) is 25.0 Å². The smallest absolute Gasteiger partial charge is 0.294 e. The number of phenolic OH excluding ortho intramolecular Hbond substituents is 1. The number of Topliss-reactive ketones (excluding diaryl/α,β-unsaturated/α-hetero) is 1. The van der Waals surface area contributed by atoms with Crippen LogP contribution in [0.25, 0.3) is 0 Å². The monoisotopic (exact) mass is 391 g/mol. The molecule has 7 heteroatoms. The number of nitrogens with zero attached hydrogens (tertiary/aromatic N) is 1. The highest BCUT2D eigenvalue weighted by atomic mass is 16.5. The lowest BCUT2D eigenvalue weighted by molar-refractivity contribution is -0.117. The summed E-state index contributed by atoms with van der Waals surface area (Å²) in [6.45, 7) is 0. The number of hydrogen-bond donors (Lipinski definition) is 2. The van der Waals surface area contributed by atoms with Gasteiger partial charge in [0.15, 0.2) is 11.5 Å². The molecule has 0 spiro atoms. The van der Waals surface area contributed by atoms with Crippen LogP contribution in [-0.2, 0) is 4.79 Å². The lowest BCUT2D eigenvalue weighted by atomic mass is 9.94. The van der Waals surface area contributed by atoms with Crippen LogP contribution in [0.2, 0.25) is 0 Å². The van der Waals surface area contributed by atoms with Crippen LogP contribution < -0.4 is 9.64 Å². The summed E-state index contributed by atoms with van der Waals surface area (Å²) >= 11 is 0. The molecule has 2 N–H and O–H groups in total. The van der Waals surface area contributed by atoms with Crippen molar-refractivity contribution in [1.29, 1.82) is 0 Å². The predicted molar refractivity (Wildman–Crippen MR) is 104 cm³/mol. The predicted octanol–water partition coefficient (Wildman–Crippen LogP) is 3.78. The highest BCUT2D eigenvalue weighted by Gasteiger charge is 2.45. The molecule has 0 saturated heterocycles. The number of methoxy groups -OCH3 is 1. The van der Waals surface area contributed by atoms with Crippen molar-refractivity contribution in [2.75, 3.05) is 12.0 Å². The maximum Gasteiger partial charge on any atom is 0.294 e. The maximum atomic E-state index is 13.1.